The van der Waals surface area contributed by atoms with Crippen molar-refractivity contribution in [3.05, 3.63) is 33.1 Å². The van der Waals surface area contributed by atoms with E-state index in [2.05, 4.69) is 9.51 Å². The van der Waals surface area contributed by atoms with Crippen LogP contribution in [-0.2, 0) is 34.7 Å². The summed E-state index contributed by atoms with van der Waals surface area (Å²) >= 11 is 4.83. The van der Waals surface area contributed by atoms with E-state index in [0.717, 1.165) is 17.7 Å². The Balaban J connectivity index is 2.22. The van der Waals surface area contributed by atoms with E-state index in [4.69, 9.17) is 25.6 Å². The van der Waals surface area contributed by atoms with Crippen LogP contribution in [0.2, 0.25) is 0 Å². The van der Waals surface area contributed by atoms with Crippen LogP contribution in [0.3, 0.4) is 0 Å². The van der Waals surface area contributed by atoms with Crippen LogP contribution in [0.5, 0.6) is 0 Å². The molecule has 3 N–H and O–H groups in total. The van der Waals surface area contributed by atoms with Gasteiger partial charge in [-0.1, -0.05) is 0 Å². The van der Waals surface area contributed by atoms with Gasteiger partial charge in [0.15, 0.2) is 0 Å². The van der Waals surface area contributed by atoms with Gasteiger partial charge in [0.05, 0.1) is 18.4 Å². The van der Waals surface area contributed by atoms with Crippen molar-refractivity contribution in [3.8, 4) is 0 Å². The maximum atomic E-state index is 11.9. The largest absolute Gasteiger partial charge is 0.352 e. The smallest absolute Gasteiger partial charge is 0.330 e. The summed E-state index contributed by atoms with van der Waals surface area (Å²) in [7, 11) is -1.47. The third kappa shape index (κ3) is 5.66. The van der Waals surface area contributed by atoms with Gasteiger partial charge in [0.2, 0.25) is 0 Å². The fraction of sp³-hybridized carbons (Fsp3) is 0.667. The molecule has 5 atom stereocenters. The van der Waals surface area contributed by atoms with Gasteiger partial charge in [-0.2, -0.15) is 0 Å². The molecule has 0 saturated carbocycles. The Kier molecular flexibility index (Phi) is 7.11. The number of nitrogens with zero attached hydrogens (tertiary/aromatic N) is 1. The van der Waals surface area contributed by atoms with Crippen molar-refractivity contribution in [1.82, 2.24) is 9.55 Å². The van der Waals surface area contributed by atoms with Crippen LogP contribution in [0.15, 0.2) is 21.9 Å². The molecule has 11 nitrogen and oxygen atoms in total. The molecule has 0 aromatic carbocycles. The number of hydrogen-bond donors (Lipinski definition) is 3. The molecule has 1 fully saturated rings. The van der Waals surface area contributed by atoms with E-state index in [-0.39, 0.29) is 19.0 Å². The summed E-state index contributed by atoms with van der Waals surface area (Å²) in [5.41, 5.74) is -1.23. The number of nitrogens with one attached hydrogen (secondary N) is 1. The van der Waals surface area contributed by atoms with Gasteiger partial charge in [-0.3, -0.25) is 18.9 Å². The lowest BCUT2D eigenvalue weighted by Crippen LogP contribution is -2.31. The molecule has 14 heteroatoms. The minimum absolute atomic E-state index is 0.0555. The third-order valence-electron chi connectivity index (χ3n) is 3.82. The highest BCUT2D eigenvalue weighted by Gasteiger charge is 2.41. The lowest BCUT2D eigenvalue weighted by Gasteiger charge is -2.22. The Hall–Kier alpha value is -0.680. The van der Waals surface area contributed by atoms with Gasteiger partial charge in [-0.25, -0.2) is 4.79 Å². The average molecular weight is 430 g/mol. The summed E-state index contributed by atoms with van der Waals surface area (Å²) < 4.78 is 33.3. The number of aromatic amines is 1. The molecule has 2 unspecified atom stereocenters. The quantitative estimate of drug-likeness (QED) is 0.491. The number of aromatic nitrogens is 2. The maximum absolute atomic E-state index is 11.9. The first-order valence-corrected chi connectivity index (χ1v) is 11.8. The van der Waals surface area contributed by atoms with E-state index in [9.17, 15) is 23.9 Å². The van der Waals surface area contributed by atoms with E-state index in [0.29, 0.717) is 0 Å². The number of rotatable bonds is 8. The SMILES string of the molecule is COP(=O)(O)CC[C@H]1O[C@@H](n2ccc(=O)[nH]c2=O)C[C@@H]1OP(O)(=S)OC. The molecule has 0 spiro atoms. The summed E-state index contributed by atoms with van der Waals surface area (Å²) in [5, 5.41) is 0. The van der Waals surface area contributed by atoms with Crippen LogP contribution >= 0.6 is 14.3 Å². The monoisotopic (exact) mass is 430 g/mol. The van der Waals surface area contributed by atoms with Gasteiger partial charge >= 0.3 is 20.0 Å². The number of hydrogen-bond acceptors (Lipinski definition) is 8. The highest BCUT2D eigenvalue weighted by molar-refractivity contribution is 8.07. The lowest BCUT2D eigenvalue weighted by molar-refractivity contribution is -0.0200. The molecule has 0 aliphatic carbocycles. The van der Waals surface area contributed by atoms with Crippen molar-refractivity contribution >= 4 is 26.1 Å². The predicted molar refractivity (Wildman–Crippen MR) is 94.6 cm³/mol. The summed E-state index contributed by atoms with van der Waals surface area (Å²) in [5.74, 6) is 0. The van der Waals surface area contributed by atoms with Crippen molar-refractivity contribution in [2.45, 2.75) is 31.3 Å². The molecule has 0 amide bonds. The zero-order valence-electron chi connectivity index (χ0n) is 14.0. The third-order valence-corrected chi connectivity index (χ3v) is 6.92. The van der Waals surface area contributed by atoms with E-state index < -0.39 is 44.0 Å². The van der Waals surface area contributed by atoms with Crippen molar-refractivity contribution in [2.24, 2.45) is 0 Å². The normalized spacial score (nSPS) is 27.8. The molecule has 2 rings (SSSR count). The Labute approximate surface area is 153 Å². The van der Waals surface area contributed by atoms with Crippen LogP contribution < -0.4 is 11.2 Å². The van der Waals surface area contributed by atoms with Gasteiger partial charge < -0.3 is 28.1 Å². The first-order chi connectivity index (χ1) is 12.1. The highest BCUT2D eigenvalue weighted by atomic mass is 32.5. The highest BCUT2D eigenvalue weighted by Crippen LogP contribution is 2.49. The molecule has 148 valence electrons. The standard InChI is InChI=1S/C12H20N2O9P2S/c1-20-24(17,18)6-4-8-9(23-25(19,26)21-2)7-11(22-8)14-5-3-10(15)13-12(14)16/h3,5,8-9,11H,4,6-7H2,1-2H3,(H,17,18)(H,19,26)(H,13,15,16)/t8-,9+,11-,25?/m1/s1. The number of H-pyrrole nitrogens is 1. The Morgan fingerprint density at radius 2 is 2.08 bits per heavy atom. The topological polar surface area (TPSA) is 149 Å². The van der Waals surface area contributed by atoms with Gasteiger partial charge in [0.1, 0.15) is 6.23 Å². The van der Waals surface area contributed by atoms with E-state index in [1.807, 2.05) is 0 Å². The molecule has 1 saturated heterocycles. The second kappa shape index (κ2) is 8.55. The molecule has 1 aromatic heterocycles. The molecule has 0 radical (unpaired) electrons. The molecular weight excluding hydrogens is 410 g/mol. The van der Waals surface area contributed by atoms with Crippen LogP contribution in [0.25, 0.3) is 0 Å². The molecule has 2 heterocycles. The molecule has 1 aliphatic rings. The molecule has 1 aliphatic heterocycles. The zero-order valence-corrected chi connectivity index (χ0v) is 16.6. The minimum atomic E-state index is -3.78. The molecule has 1 aromatic rings. The van der Waals surface area contributed by atoms with Gasteiger partial charge in [-0.05, 0) is 18.2 Å². The van der Waals surface area contributed by atoms with Crippen LogP contribution in [0, 0.1) is 0 Å². The van der Waals surface area contributed by atoms with Crippen molar-refractivity contribution < 1.29 is 32.7 Å². The molecule has 26 heavy (non-hydrogen) atoms. The van der Waals surface area contributed by atoms with Crippen LogP contribution in [0.1, 0.15) is 19.1 Å². The fourth-order valence-electron chi connectivity index (χ4n) is 2.49. The Bertz CT molecular complexity index is 840. The zero-order chi connectivity index (χ0) is 19.5. The lowest BCUT2D eigenvalue weighted by atomic mass is 10.1. The average Bonchev–Trinajstić information content (AvgIpc) is 2.95. The summed E-state index contributed by atoms with van der Waals surface area (Å²) in [6.45, 7) is -3.52. The summed E-state index contributed by atoms with van der Waals surface area (Å²) in [4.78, 5) is 44.7. The second-order valence-electron chi connectivity index (χ2n) is 5.51. The molecule has 0 bridgehead atoms. The van der Waals surface area contributed by atoms with Gasteiger partial charge in [0, 0.05) is 32.9 Å². The Morgan fingerprint density at radius 3 is 2.65 bits per heavy atom. The summed E-state index contributed by atoms with van der Waals surface area (Å²) in [6, 6.07) is 1.16. The van der Waals surface area contributed by atoms with E-state index >= 15 is 0 Å². The Morgan fingerprint density at radius 1 is 1.38 bits per heavy atom. The van der Waals surface area contributed by atoms with E-state index in [1.54, 1.807) is 0 Å². The van der Waals surface area contributed by atoms with Crippen molar-refractivity contribution in [3.63, 3.8) is 0 Å². The molecular formula is C12H20N2O9P2S. The predicted octanol–water partition coefficient (Wildman–Crippen LogP) is 0.294. The van der Waals surface area contributed by atoms with Crippen molar-refractivity contribution in [1.29, 1.82) is 0 Å². The maximum Gasteiger partial charge on any atom is 0.330 e. The van der Waals surface area contributed by atoms with Crippen molar-refractivity contribution in [2.75, 3.05) is 20.4 Å². The van der Waals surface area contributed by atoms with Gasteiger partial charge in [-0.15, -0.1) is 0 Å². The first kappa shape index (κ1) is 21.6. The first-order valence-electron chi connectivity index (χ1n) is 7.48. The van der Waals surface area contributed by atoms with E-state index in [1.165, 1.54) is 13.3 Å². The second-order valence-corrected chi connectivity index (χ2v) is 10.5. The fourth-order valence-corrected chi connectivity index (χ4v) is 4.23. The number of ether oxygens (including phenoxy) is 1. The summed E-state index contributed by atoms with van der Waals surface area (Å²) in [6.07, 6.45) is -1.14. The van der Waals surface area contributed by atoms with Gasteiger partial charge in [0.25, 0.3) is 5.56 Å². The van der Waals surface area contributed by atoms with Crippen LogP contribution in [-0.4, -0.2) is 51.9 Å². The minimum Gasteiger partial charge on any atom is -0.352 e. The van der Waals surface area contributed by atoms with Crippen LogP contribution in [0.4, 0.5) is 0 Å².